The van der Waals surface area contributed by atoms with E-state index in [2.05, 4.69) is 5.32 Å². The number of fused-ring (bicyclic) bond motifs is 1. The first kappa shape index (κ1) is 15.0. The summed E-state index contributed by atoms with van der Waals surface area (Å²) in [5.41, 5.74) is 10.3. The molecule has 0 spiro atoms. The number of benzene rings is 1. The molecule has 7 heteroatoms. The molecule has 0 aliphatic rings. The van der Waals surface area contributed by atoms with E-state index in [0.29, 0.717) is 4.88 Å². The van der Waals surface area contributed by atoms with Crippen LogP contribution in [0.3, 0.4) is 0 Å². The lowest BCUT2D eigenvalue weighted by molar-refractivity contribution is -0.120. The standard InChI is InChI=1S/C14H15N3O3S/c15-12(18)6-5-9(13(16)19)17-14(20)11-7-8-3-1-2-4-10(8)21-11/h1-4,7,9H,5-6H2,(H2,15,18)(H2,16,19)(H,17,20). The minimum atomic E-state index is -0.907. The Morgan fingerprint density at radius 1 is 1.19 bits per heavy atom. The average molecular weight is 305 g/mol. The molecule has 0 bridgehead atoms. The van der Waals surface area contributed by atoms with E-state index in [9.17, 15) is 14.4 Å². The van der Waals surface area contributed by atoms with Crippen LogP contribution < -0.4 is 16.8 Å². The Kier molecular flexibility index (Phi) is 4.54. The molecule has 2 aromatic rings. The summed E-state index contributed by atoms with van der Waals surface area (Å²) in [6.07, 6.45) is 0.0849. The quantitative estimate of drug-likeness (QED) is 0.731. The van der Waals surface area contributed by atoms with Gasteiger partial charge in [0, 0.05) is 11.1 Å². The molecule has 0 aliphatic carbocycles. The number of rotatable bonds is 6. The van der Waals surface area contributed by atoms with Gasteiger partial charge in [-0.15, -0.1) is 11.3 Å². The third-order valence-corrected chi connectivity index (χ3v) is 4.09. The van der Waals surface area contributed by atoms with Gasteiger partial charge in [0.05, 0.1) is 4.88 Å². The lowest BCUT2D eigenvalue weighted by atomic mass is 10.1. The number of thiophene rings is 1. The minimum Gasteiger partial charge on any atom is -0.370 e. The van der Waals surface area contributed by atoms with Crippen molar-refractivity contribution in [3.63, 3.8) is 0 Å². The molecule has 0 aliphatic heterocycles. The van der Waals surface area contributed by atoms with Crippen molar-refractivity contribution in [2.24, 2.45) is 11.5 Å². The van der Waals surface area contributed by atoms with E-state index in [0.717, 1.165) is 10.1 Å². The van der Waals surface area contributed by atoms with Crippen LogP contribution in [0.1, 0.15) is 22.5 Å². The van der Waals surface area contributed by atoms with Gasteiger partial charge in [0.15, 0.2) is 0 Å². The van der Waals surface area contributed by atoms with Crippen molar-refractivity contribution in [2.45, 2.75) is 18.9 Å². The van der Waals surface area contributed by atoms with E-state index >= 15 is 0 Å². The van der Waals surface area contributed by atoms with E-state index in [1.54, 1.807) is 6.07 Å². The van der Waals surface area contributed by atoms with E-state index < -0.39 is 17.9 Å². The van der Waals surface area contributed by atoms with Crippen LogP contribution in [-0.2, 0) is 9.59 Å². The normalized spacial score (nSPS) is 12.0. The maximum absolute atomic E-state index is 12.1. The highest BCUT2D eigenvalue weighted by Crippen LogP contribution is 2.25. The molecule has 1 aromatic heterocycles. The molecule has 1 atom stereocenters. The predicted octanol–water partition coefficient (Wildman–Crippen LogP) is 0.750. The summed E-state index contributed by atoms with van der Waals surface area (Å²) in [6, 6.07) is 8.43. The van der Waals surface area contributed by atoms with Crippen LogP contribution in [0.5, 0.6) is 0 Å². The smallest absolute Gasteiger partial charge is 0.262 e. The number of primary amides is 2. The lowest BCUT2D eigenvalue weighted by Gasteiger charge is -2.13. The molecule has 0 saturated carbocycles. The molecule has 1 heterocycles. The maximum Gasteiger partial charge on any atom is 0.262 e. The Morgan fingerprint density at radius 3 is 2.52 bits per heavy atom. The number of nitrogens with two attached hydrogens (primary N) is 2. The number of nitrogens with one attached hydrogen (secondary N) is 1. The molecule has 0 radical (unpaired) electrons. The van der Waals surface area contributed by atoms with Crippen molar-refractivity contribution in [1.29, 1.82) is 0 Å². The number of hydrogen-bond donors (Lipinski definition) is 3. The van der Waals surface area contributed by atoms with Gasteiger partial charge in [0.2, 0.25) is 11.8 Å². The Bertz CT molecular complexity index is 663. The number of carbonyl (C=O) groups is 3. The van der Waals surface area contributed by atoms with Crippen LogP contribution in [0, 0.1) is 0 Å². The van der Waals surface area contributed by atoms with E-state index in [1.807, 2.05) is 24.3 Å². The van der Waals surface area contributed by atoms with Crippen LogP contribution in [0.15, 0.2) is 30.3 Å². The van der Waals surface area contributed by atoms with Crippen molar-refractivity contribution in [2.75, 3.05) is 0 Å². The molecule has 5 N–H and O–H groups in total. The summed E-state index contributed by atoms with van der Waals surface area (Å²) in [4.78, 5) is 34.7. The number of hydrogen-bond acceptors (Lipinski definition) is 4. The highest BCUT2D eigenvalue weighted by Gasteiger charge is 2.20. The topological polar surface area (TPSA) is 115 Å². The second kappa shape index (κ2) is 6.36. The van der Waals surface area contributed by atoms with Crippen LogP contribution in [0.25, 0.3) is 10.1 Å². The van der Waals surface area contributed by atoms with Gasteiger partial charge in [-0.1, -0.05) is 18.2 Å². The molecule has 21 heavy (non-hydrogen) atoms. The van der Waals surface area contributed by atoms with Gasteiger partial charge in [0.1, 0.15) is 6.04 Å². The molecule has 3 amide bonds. The van der Waals surface area contributed by atoms with Crippen molar-refractivity contribution in [1.82, 2.24) is 5.32 Å². The average Bonchev–Trinajstić information content (AvgIpc) is 2.86. The third-order valence-electron chi connectivity index (χ3n) is 2.98. The molecule has 0 saturated heterocycles. The SMILES string of the molecule is NC(=O)CCC(NC(=O)c1cc2ccccc2s1)C(N)=O. The van der Waals surface area contributed by atoms with Crippen LogP contribution in [-0.4, -0.2) is 23.8 Å². The summed E-state index contributed by atoms with van der Waals surface area (Å²) in [5, 5.41) is 3.50. The zero-order valence-corrected chi connectivity index (χ0v) is 12.0. The van der Waals surface area contributed by atoms with Crippen LogP contribution in [0.4, 0.5) is 0 Å². The van der Waals surface area contributed by atoms with Gasteiger partial charge in [-0.05, 0) is 23.9 Å². The Labute approximate surface area is 125 Å². The fraction of sp³-hybridized carbons (Fsp3) is 0.214. The first-order valence-electron chi connectivity index (χ1n) is 6.34. The van der Waals surface area contributed by atoms with Gasteiger partial charge in [-0.25, -0.2) is 0 Å². The van der Waals surface area contributed by atoms with Crippen LogP contribution in [0.2, 0.25) is 0 Å². The summed E-state index contributed by atoms with van der Waals surface area (Å²) in [7, 11) is 0. The van der Waals surface area contributed by atoms with E-state index in [-0.39, 0.29) is 18.7 Å². The monoisotopic (exact) mass is 305 g/mol. The molecule has 1 aromatic carbocycles. The Morgan fingerprint density at radius 2 is 1.90 bits per heavy atom. The highest BCUT2D eigenvalue weighted by molar-refractivity contribution is 7.20. The van der Waals surface area contributed by atoms with Crippen molar-refractivity contribution >= 4 is 39.1 Å². The van der Waals surface area contributed by atoms with Gasteiger partial charge in [-0.3, -0.25) is 14.4 Å². The minimum absolute atomic E-state index is 0.0136. The van der Waals surface area contributed by atoms with Crippen molar-refractivity contribution in [3.8, 4) is 0 Å². The van der Waals surface area contributed by atoms with Gasteiger partial charge in [-0.2, -0.15) is 0 Å². The van der Waals surface area contributed by atoms with E-state index in [4.69, 9.17) is 11.5 Å². The van der Waals surface area contributed by atoms with Gasteiger partial charge < -0.3 is 16.8 Å². The molecule has 1 unspecified atom stereocenters. The molecule has 6 nitrogen and oxygen atoms in total. The lowest BCUT2D eigenvalue weighted by Crippen LogP contribution is -2.44. The van der Waals surface area contributed by atoms with Gasteiger partial charge >= 0.3 is 0 Å². The second-order valence-electron chi connectivity index (χ2n) is 4.58. The second-order valence-corrected chi connectivity index (χ2v) is 5.67. The summed E-state index contributed by atoms with van der Waals surface area (Å²) >= 11 is 1.33. The Balaban J connectivity index is 2.10. The number of amides is 3. The largest absolute Gasteiger partial charge is 0.370 e. The molecular formula is C14H15N3O3S. The fourth-order valence-electron chi connectivity index (χ4n) is 1.90. The predicted molar refractivity (Wildman–Crippen MR) is 80.7 cm³/mol. The number of carbonyl (C=O) groups excluding carboxylic acids is 3. The molecule has 0 fully saturated rings. The van der Waals surface area contributed by atoms with Crippen molar-refractivity contribution in [3.05, 3.63) is 35.2 Å². The maximum atomic E-state index is 12.1. The van der Waals surface area contributed by atoms with Crippen molar-refractivity contribution < 1.29 is 14.4 Å². The first-order valence-corrected chi connectivity index (χ1v) is 7.16. The Hall–Kier alpha value is -2.41. The third kappa shape index (κ3) is 3.79. The highest BCUT2D eigenvalue weighted by atomic mass is 32.1. The molecule has 2 rings (SSSR count). The zero-order chi connectivity index (χ0) is 15.4. The fourth-order valence-corrected chi connectivity index (χ4v) is 2.86. The molecule has 110 valence electrons. The first-order chi connectivity index (χ1) is 9.97. The van der Waals surface area contributed by atoms with Gasteiger partial charge in [0.25, 0.3) is 5.91 Å². The van der Waals surface area contributed by atoms with Crippen LogP contribution >= 0.6 is 11.3 Å². The van der Waals surface area contributed by atoms with E-state index in [1.165, 1.54) is 11.3 Å². The summed E-state index contributed by atoms with van der Waals surface area (Å²) < 4.78 is 0.982. The zero-order valence-electron chi connectivity index (χ0n) is 11.2. The molecular weight excluding hydrogens is 290 g/mol. The summed E-state index contributed by atoms with van der Waals surface area (Å²) in [6.45, 7) is 0. The summed E-state index contributed by atoms with van der Waals surface area (Å²) in [5.74, 6) is -1.62.